The van der Waals surface area contributed by atoms with Crippen LogP contribution < -0.4 is 15.6 Å². The average Bonchev–Trinajstić information content (AvgIpc) is 2.85. The van der Waals surface area contributed by atoms with Crippen molar-refractivity contribution in [2.45, 2.75) is 6.18 Å². The number of hydrazone groups is 1. The largest absolute Gasteiger partial charge is 0.416 e. The van der Waals surface area contributed by atoms with Crippen molar-refractivity contribution in [3.05, 3.63) is 68.2 Å². The number of aromatic nitrogens is 3. The Morgan fingerprint density at radius 1 is 1.11 bits per heavy atom. The molecule has 1 fully saturated rings. The quantitative estimate of drug-likeness (QED) is 0.239. The number of benzene rings is 2. The lowest BCUT2D eigenvalue weighted by Gasteiger charge is -2.27. The molecule has 36 heavy (non-hydrogen) atoms. The van der Waals surface area contributed by atoms with Crippen molar-refractivity contribution in [3.63, 3.8) is 0 Å². The molecule has 0 radical (unpaired) electrons. The second-order valence-corrected chi connectivity index (χ2v) is 8.28. The van der Waals surface area contributed by atoms with Crippen LogP contribution in [-0.4, -0.2) is 52.4 Å². The highest BCUT2D eigenvalue weighted by molar-refractivity contribution is 9.10. The van der Waals surface area contributed by atoms with Crippen molar-refractivity contribution < 1.29 is 22.8 Å². The molecule has 0 bridgehead atoms. The minimum Gasteiger partial charge on any atom is -0.378 e. The number of anilines is 4. The summed E-state index contributed by atoms with van der Waals surface area (Å²) >= 11 is 3.12. The Bertz CT molecular complexity index is 1290. The summed E-state index contributed by atoms with van der Waals surface area (Å²) < 4.78 is 45.0. The zero-order chi connectivity index (χ0) is 25.7. The van der Waals surface area contributed by atoms with Crippen LogP contribution in [0.1, 0.15) is 11.1 Å². The Kier molecular flexibility index (Phi) is 7.59. The number of ether oxygens (including phenoxy) is 1. The highest BCUT2D eigenvalue weighted by Gasteiger charge is 2.30. The van der Waals surface area contributed by atoms with E-state index in [9.17, 15) is 23.3 Å². The van der Waals surface area contributed by atoms with E-state index >= 15 is 0 Å². The van der Waals surface area contributed by atoms with Gasteiger partial charge in [-0.15, -0.1) is 0 Å². The van der Waals surface area contributed by atoms with Gasteiger partial charge in [-0.2, -0.15) is 33.2 Å². The SMILES string of the molecule is O=[N+]([O-])c1cc(/C=N/Nc2nc(Nc3cccc(C(F)(F)F)c3)nc(N3CCOCC3)n2)ccc1Br. The highest BCUT2D eigenvalue weighted by atomic mass is 79.9. The summed E-state index contributed by atoms with van der Waals surface area (Å²) in [6.07, 6.45) is -3.16. The van der Waals surface area contributed by atoms with Crippen LogP contribution in [0.2, 0.25) is 0 Å². The minimum absolute atomic E-state index is 0.00259. The van der Waals surface area contributed by atoms with Crippen LogP contribution in [0.4, 0.5) is 42.4 Å². The van der Waals surface area contributed by atoms with Crippen LogP contribution in [0.25, 0.3) is 0 Å². The lowest BCUT2D eigenvalue weighted by Crippen LogP contribution is -2.37. The van der Waals surface area contributed by atoms with Gasteiger partial charge in [-0.25, -0.2) is 5.43 Å². The molecule has 4 rings (SSSR count). The normalized spacial score (nSPS) is 14.2. The van der Waals surface area contributed by atoms with Crippen LogP contribution in [0.5, 0.6) is 0 Å². The summed E-state index contributed by atoms with van der Waals surface area (Å²) in [6, 6.07) is 9.12. The summed E-state index contributed by atoms with van der Waals surface area (Å²) in [5.74, 6) is 0.298. The number of nitro benzene ring substituents is 1. The van der Waals surface area contributed by atoms with E-state index in [-0.39, 0.29) is 29.2 Å². The number of nitrogens with one attached hydrogen (secondary N) is 2. The molecule has 15 heteroatoms. The van der Waals surface area contributed by atoms with Crippen LogP contribution >= 0.6 is 15.9 Å². The van der Waals surface area contributed by atoms with Crippen molar-refractivity contribution >= 4 is 51.4 Å². The van der Waals surface area contributed by atoms with Crippen LogP contribution in [0.3, 0.4) is 0 Å². The minimum atomic E-state index is -4.50. The molecule has 1 aliphatic rings. The summed E-state index contributed by atoms with van der Waals surface area (Å²) in [7, 11) is 0. The number of nitro groups is 1. The highest BCUT2D eigenvalue weighted by Crippen LogP contribution is 2.31. The van der Waals surface area contributed by atoms with E-state index < -0.39 is 16.7 Å². The Labute approximate surface area is 210 Å². The first kappa shape index (κ1) is 25.2. The van der Waals surface area contributed by atoms with Gasteiger partial charge in [0.05, 0.1) is 34.4 Å². The Morgan fingerprint density at radius 2 is 1.86 bits per heavy atom. The van der Waals surface area contributed by atoms with Crippen LogP contribution in [0.15, 0.2) is 52.0 Å². The summed E-state index contributed by atoms with van der Waals surface area (Å²) in [5.41, 5.74) is 2.29. The molecule has 0 aliphatic carbocycles. The van der Waals surface area contributed by atoms with Crippen LogP contribution in [0, 0.1) is 10.1 Å². The Morgan fingerprint density at radius 3 is 2.58 bits per heavy atom. The van der Waals surface area contributed by atoms with Gasteiger partial charge in [0.2, 0.25) is 17.8 Å². The molecule has 0 unspecified atom stereocenters. The van der Waals surface area contributed by atoms with Gasteiger partial charge in [0.1, 0.15) is 0 Å². The lowest BCUT2D eigenvalue weighted by atomic mass is 10.2. The monoisotopic (exact) mass is 566 g/mol. The van der Waals surface area contributed by atoms with Gasteiger partial charge in [-0.3, -0.25) is 10.1 Å². The molecular weight excluding hydrogens is 549 g/mol. The molecule has 1 aliphatic heterocycles. The predicted molar refractivity (Wildman–Crippen MR) is 130 cm³/mol. The second-order valence-electron chi connectivity index (χ2n) is 7.42. The van der Waals surface area contributed by atoms with Gasteiger partial charge in [0.25, 0.3) is 5.69 Å². The first-order valence-corrected chi connectivity index (χ1v) is 11.2. The molecule has 0 amide bonds. The van der Waals surface area contributed by atoms with Gasteiger partial charge in [-0.05, 0) is 40.2 Å². The fourth-order valence-corrected chi connectivity index (χ4v) is 3.58. The molecule has 3 aromatic rings. The standard InChI is InChI=1S/C21H18BrF3N8O3/c22-16-5-4-13(10-17(16)33(34)35)12-26-31-19-28-18(29-20(30-19)32-6-8-36-9-7-32)27-15-3-1-2-14(11-15)21(23,24)25/h1-5,10-12H,6-9H2,(H2,27,28,29,30,31)/b26-12+. The smallest absolute Gasteiger partial charge is 0.378 e. The number of morpholine rings is 1. The molecule has 0 spiro atoms. The number of hydrogen-bond donors (Lipinski definition) is 2. The second kappa shape index (κ2) is 10.8. The van der Waals surface area contributed by atoms with Crippen molar-refractivity contribution in [3.8, 4) is 0 Å². The van der Waals surface area contributed by atoms with Crippen molar-refractivity contribution in [2.75, 3.05) is 41.9 Å². The third-order valence-corrected chi connectivity index (χ3v) is 5.58. The van der Waals surface area contributed by atoms with E-state index in [0.717, 1.165) is 12.1 Å². The maximum absolute atomic E-state index is 13.1. The zero-order valence-corrected chi connectivity index (χ0v) is 20.0. The third-order valence-electron chi connectivity index (χ3n) is 4.91. The van der Waals surface area contributed by atoms with Crippen molar-refractivity contribution in [2.24, 2.45) is 5.10 Å². The van der Waals surface area contributed by atoms with E-state index in [2.05, 4.69) is 46.7 Å². The molecule has 2 aromatic carbocycles. The molecule has 2 heterocycles. The summed E-state index contributed by atoms with van der Waals surface area (Å²) in [6.45, 7) is 1.95. The Hall–Kier alpha value is -3.85. The summed E-state index contributed by atoms with van der Waals surface area (Å²) in [4.78, 5) is 25.3. The number of nitrogens with zero attached hydrogens (tertiary/aromatic N) is 6. The number of halogens is 4. The fourth-order valence-electron chi connectivity index (χ4n) is 3.19. The van der Waals surface area contributed by atoms with E-state index in [1.165, 1.54) is 30.5 Å². The van der Waals surface area contributed by atoms with Gasteiger partial charge >= 0.3 is 6.18 Å². The molecular formula is C21H18BrF3N8O3. The molecule has 0 atom stereocenters. The number of hydrogen-bond acceptors (Lipinski definition) is 10. The molecule has 2 N–H and O–H groups in total. The maximum atomic E-state index is 13.1. The van der Waals surface area contributed by atoms with E-state index in [4.69, 9.17) is 4.74 Å². The first-order valence-electron chi connectivity index (χ1n) is 10.4. The summed E-state index contributed by atoms with van der Waals surface area (Å²) in [5, 5.41) is 17.9. The third kappa shape index (κ3) is 6.42. The van der Waals surface area contributed by atoms with Crippen molar-refractivity contribution in [1.82, 2.24) is 15.0 Å². The van der Waals surface area contributed by atoms with Crippen molar-refractivity contribution in [1.29, 1.82) is 0 Å². The number of rotatable bonds is 7. The van der Waals surface area contributed by atoms with Gasteiger partial charge in [0.15, 0.2) is 0 Å². The van der Waals surface area contributed by atoms with Gasteiger partial charge < -0.3 is 15.0 Å². The average molecular weight is 567 g/mol. The molecule has 11 nitrogen and oxygen atoms in total. The maximum Gasteiger partial charge on any atom is 0.416 e. The molecule has 188 valence electrons. The molecule has 1 aromatic heterocycles. The topological polar surface area (TPSA) is 131 Å². The first-order chi connectivity index (χ1) is 17.2. The van der Waals surface area contributed by atoms with E-state index in [0.29, 0.717) is 36.3 Å². The number of alkyl halides is 3. The fraction of sp³-hybridized carbons (Fsp3) is 0.238. The van der Waals surface area contributed by atoms with E-state index in [1.54, 1.807) is 6.07 Å². The van der Waals surface area contributed by atoms with E-state index in [1.807, 2.05) is 4.90 Å². The predicted octanol–water partition coefficient (Wildman–Crippen LogP) is 4.59. The molecule has 0 saturated carbocycles. The van der Waals surface area contributed by atoms with Gasteiger partial charge in [0, 0.05) is 30.4 Å². The zero-order valence-electron chi connectivity index (χ0n) is 18.4. The van der Waals surface area contributed by atoms with Crippen LogP contribution in [-0.2, 0) is 10.9 Å². The Balaban J connectivity index is 1.59. The lowest BCUT2D eigenvalue weighted by molar-refractivity contribution is -0.385. The van der Waals surface area contributed by atoms with Gasteiger partial charge in [-0.1, -0.05) is 12.1 Å². The molecule has 1 saturated heterocycles.